The summed E-state index contributed by atoms with van der Waals surface area (Å²) in [5.41, 5.74) is 3.01. The minimum absolute atomic E-state index is 0. The van der Waals surface area contributed by atoms with Crippen molar-refractivity contribution in [2.24, 2.45) is 0 Å². The molecule has 2 saturated heterocycles. The highest BCUT2D eigenvalue weighted by molar-refractivity contribution is 5.94. The van der Waals surface area contributed by atoms with Crippen LogP contribution in [0, 0.1) is 0 Å². The smallest absolute Gasteiger partial charge is 0.254 e. The lowest BCUT2D eigenvalue weighted by molar-refractivity contribution is 0.0341. The van der Waals surface area contributed by atoms with Gasteiger partial charge in [0.15, 0.2) is 0 Å². The Hall–Kier alpha value is -1.70. The zero-order chi connectivity index (χ0) is 18.5. The molecule has 29 heavy (non-hydrogen) atoms. The normalized spacial score (nSPS) is 19.7. The first kappa shape index (κ1) is 23.6. The predicted octanol–water partition coefficient (Wildman–Crippen LogP) is 2.54. The largest absolute Gasteiger partial charge is 0.379 e. The van der Waals surface area contributed by atoms with Gasteiger partial charge in [-0.2, -0.15) is 0 Å². The van der Waals surface area contributed by atoms with Gasteiger partial charge in [-0.15, -0.1) is 24.8 Å². The monoisotopic (exact) mass is 438 g/mol. The van der Waals surface area contributed by atoms with E-state index in [-0.39, 0.29) is 36.8 Å². The fourth-order valence-electron chi connectivity index (χ4n) is 3.80. The van der Waals surface area contributed by atoms with E-state index in [0.29, 0.717) is 6.54 Å². The van der Waals surface area contributed by atoms with Crippen molar-refractivity contribution < 1.29 is 9.53 Å². The maximum atomic E-state index is 13.3. The molecule has 2 aliphatic rings. The topological polar surface area (TPSA) is 57.7 Å². The Kier molecular flexibility index (Phi) is 9.33. The maximum Gasteiger partial charge on any atom is 0.254 e. The fraction of sp³-hybridized carbons (Fsp3) is 0.429. The number of benzene rings is 1. The molecule has 0 radical (unpaired) electrons. The van der Waals surface area contributed by atoms with E-state index in [0.717, 1.165) is 57.1 Å². The molecular formula is C21H28Cl2N4O2. The van der Waals surface area contributed by atoms with Crippen LogP contribution in [0.1, 0.15) is 27.5 Å². The van der Waals surface area contributed by atoms with Gasteiger partial charge >= 0.3 is 0 Å². The van der Waals surface area contributed by atoms with Gasteiger partial charge in [0.25, 0.3) is 5.91 Å². The number of piperazine rings is 1. The Morgan fingerprint density at radius 3 is 2.72 bits per heavy atom. The summed E-state index contributed by atoms with van der Waals surface area (Å²) in [4.78, 5) is 21.8. The summed E-state index contributed by atoms with van der Waals surface area (Å²) in [7, 11) is 0. The zero-order valence-corrected chi connectivity index (χ0v) is 18.0. The number of ether oxygens (including phenoxy) is 1. The number of carbonyl (C=O) groups excluding carboxylic acids is 1. The standard InChI is InChI=1S/C21H26N4O2.2ClH/c26-21(25-8-7-23-15-20(25)19-5-2-6-22-14-19)18-4-1-3-17(13-18)16-24-9-11-27-12-10-24;;/h1-6,13-14,20,23H,7-12,15-16H2;2*1H. The van der Waals surface area contributed by atoms with E-state index < -0.39 is 0 Å². The second-order valence-electron chi connectivity index (χ2n) is 7.09. The second kappa shape index (κ2) is 11.5. The average Bonchev–Trinajstić information content (AvgIpc) is 2.75. The number of morpholine rings is 1. The zero-order valence-electron chi connectivity index (χ0n) is 16.3. The van der Waals surface area contributed by atoms with Crippen LogP contribution >= 0.6 is 24.8 Å². The lowest BCUT2D eigenvalue weighted by Gasteiger charge is -2.36. The Balaban J connectivity index is 0.00000150. The number of rotatable bonds is 4. The molecule has 1 atom stereocenters. The van der Waals surface area contributed by atoms with E-state index >= 15 is 0 Å². The van der Waals surface area contributed by atoms with Crippen LogP contribution in [0.15, 0.2) is 48.8 Å². The second-order valence-corrected chi connectivity index (χ2v) is 7.09. The van der Waals surface area contributed by atoms with Crippen molar-refractivity contribution in [2.75, 3.05) is 45.9 Å². The maximum absolute atomic E-state index is 13.3. The number of amides is 1. The van der Waals surface area contributed by atoms with E-state index in [1.54, 1.807) is 6.20 Å². The number of hydrogen-bond donors (Lipinski definition) is 1. The van der Waals surface area contributed by atoms with Gasteiger partial charge in [0.05, 0.1) is 19.3 Å². The molecular weight excluding hydrogens is 411 g/mol. The van der Waals surface area contributed by atoms with Crippen molar-refractivity contribution in [2.45, 2.75) is 12.6 Å². The molecule has 0 spiro atoms. The van der Waals surface area contributed by atoms with E-state index in [1.807, 2.05) is 41.4 Å². The first-order valence-electron chi connectivity index (χ1n) is 9.62. The third-order valence-electron chi connectivity index (χ3n) is 5.26. The lowest BCUT2D eigenvalue weighted by Crippen LogP contribution is -2.48. The Morgan fingerprint density at radius 1 is 1.14 bits per heavy atom. The summed E-state index contributed by atoms with van der Waals surface area (Å²) >= 11 is 0. The number of nitrogens with zero attached hydrogens (tertiary/aromatic N) is 3. The van der Waals surface area contributed by atoms with Crippen molar-refractivity contribution in [3.05, 3.63) is 65.5 Å². The van der Waals surface area contributed by atoms with Crippen LogP contribution in [-0.2, 0) is 11.3 Å². The van der Waals surface area contributed by atoms with Crippen LogP contribution in [0.25, 0.3) is 0 Å². The first-order valence-corrected chi connectivity index (χ1v) is 9.62. The predicted molar refractivity (Wildman–Crippen MR) is 118 cm³/mol. The van der Waals surface area contributed by atoms with Crippen LogP contribution in [-0.4, -0.2) is 66.6 Å². The van der Waals surface area contributed by atoms with Crippen LogP contribution in [0.5, 0.6) is 0 Å². The minimum atomic E-state index is 0. The first-order chi connectivity index (χ1) is 13.3. The molecule has 158 valence electrons. The van der Waals surface area contributed by atoms with Gasteiger partial charge in [0, 0.05) is 57.2 Å². The summed E-state index contributed by atoms with van der Waals surface area (Å²) in [6.45, 7) is 6.58. The molecule has 1 unspecified atom stereocenters. The van der Waals surface area contributed by atoms with Crippen molar-refractivity contribution in [1.82, 2.24) is 20.1 Å². The molecule has 2 aromatic rings. The summed E-state index contributed by atoms with van der Waals surface area (Å²) in [5.74, 6) is 0.0918. The van der Waals surface area contributed by atoms with Crippen molar-refractivity contribution in [3.63, 3.8) is 0 Å². The summed E-state index contributed by atoms with van der Waals surface area (Å²) < 4.78 is 5.42. The number of hydrogen-bond acceptors (Lipinski definition) is 5. The molecule has 0 aliphatic carbocycles. The molecule has 1 aromatic heterocycles. The molecule has 8 heteroatoms. The van der Waals surface area contributed by atoms with Gasteiger partial charge in [0.1, 0.15) is 0 Å². The van der Waals surface area contributed by atoms with E-state index in [4.69, 9.17) is 4.74 Å². The average molecular weight is 439 g/mol. The van der Waals surface area contributed by atoms with Crippen molar-refractivity contribution >= 4 is 30.7 Å². The summed E-state index contributed by atoms with van der Waals surface area (Å²) in [6, 6.07) is 12.0. The SMILES string of the molecule is Cl.Cl.O=C(c1cccc(CN2CCOCC2)c1)N1CCNCC1c1cccnc1. The lowest BCUT2D eigenvalue weighted by atomic mass is 10.0. The molecule has 6 nitrogen and oxygen atoms in total. The molecule has 2 fully saturated rings. The number of pyridine rings is 1. The molecule has 0 saturated carbocycles. The van der Waals surface area contributed by atoms with Crippen molar-refractivity contribution in [3.8, 4) is 0 Å². The van der Waals surface area contributed by atoms with E-state index in [9.17, 15) is 4.79 Å². The molecule has 4 rings (SSSR count). The molecule has 2 aliphatic heterocycles. The van der Waals surface area contributed by atoms with Gasteiger partial charge in [-0.25, -0.2) is 0 Å². The Bertz CT molecular complexity index is 772. The number of carbonyl (C=O) groups is 1. The number of aromatic nitrogens is 1. The Morgan fingerprint density at radius 2 is 1.97 bits per heavy atom. The molecule has 1 N–H and O–H groups in total. The van der Waals surface area contributed by atoms with Gasteiger partial charge in [-0.1, -0.05) is 18.2 Å². The minimum Gasteiger partial charge on any atom is -0.379 e. The third-order valence-corrected chi connectivity index (χ3v) is 5.26. The van der Waals surface area contributed by atoms with Gasteiger partial charge in [-0.05, 0) is 29.3 Å². The number of halogens is 2. The third kappa shape index (κ3) is 5.90. The van der Waals surface area contributed by atoms with Gasteiger partial charge in [-0.3, -0.25) is 14.7 Å². The highest BCUT2D eigenvalue weighted by Gasteiger charge is 2.28. The quantitative estimate of drug-likeness (QED) is 0.794. The summed E-state index contributed by atoms with van der Waals surface area (Å²) in [6.07, 6.45) is 3.62. The van der Waals surface area contributed by atoms with Crippen LogP contribution < -0.4 is 5.32 Å². The number of nitrogens with one attached hydrogen (secondary N) is 1. The van der Waals surface area contributed by atoms with Crippen LogP contribution in [0.4, 0.5) is 0 Å². The molecule has 3 heterocycles. The fourth-order valence-corrected chi connectivity index (χ4v) is 3.80. The molecule has 1 amide bonds. The van der Waals surface area contributed by atoms with Gasteiger partial charge in [0.2, 0.25) is 0 Å². The van der Waals surface area contributed by atoms with Crippen molar-refractivity contribution in [1.29, 1.82) is 0 Å². The van der Waals surface area contributed by atoms with Crippen LogP contribution in [0.2, 0.25) is 0 Å². The van der Waals surface area contributed by atoms with Gasteiger partial charge < -0.3 is 15.0 Å². The van der Waals surface area contributed by atoms with Crippen LogP contribution in [0.3, 0.4) is 0 Å². The highest BCUT2D eigenvalue weighted by Crippen LogP contribution is 2.24. The van der Waals surface area contributed by atoms with E-state index in [1.165, 1.54) is 5.56 Å². The van der Waals surface area contributed by atoms with E-state index in [2.05, 4.69) is 21.3 Å². The summed E-state index contributed by atoms with van der Waals surface area (Å²) in [5, 5.41) is 3.40. The molecule has 1 aromatic carbocycles. The highest BCUT2D eigenvalue weighted by atomic mass is 35.5. The molecule has 0 bridgehead atoms. The Labute approximate surface area is 184 Å².